The highest BCUT2D eigenvalue weighted by molar-refractivity contribution is 6.32. The summed E-state index contributed by atoms with van der Waals surface area (Å²) >= 11 is 12.2. The third kappa shape index (κ3) is 6.16. The lowest BCUT2D eigenvalue weighted by Gasteiger charge is -2.15. The van der Waals surface area contributed by atoms with E-state index in [2.05, 4.69) is 31.2 Å². The van der Waals surface area contributed by atoms with Gasteiger partial charge in [0.25, 0.3) is 17.7 Å². The van der Waals surface area contributed by atoms with E-state index in [9.17, 15) is 27.6 Å². The minimum absolute atomic E-state index is 0.0236. The lowest BCUT2D eigenvalue weighted by atomic mass is 10.1. The van der Waals surface area contributed by atoms with Crippen LogP contribution in [0.25, 0.3) is 5.82 Å². The Morgan fingerprint density at radius 3 is 2.28 bits per heavy atom. The molecule has 0 aliphatic carbocycles. The molecule has 0 spiro atoms. The van der Waals surface area contributed by atoms with Gasteiger partial charge in [-0.1, -0.05) is 29.3 Å². The summed E-state index contributed by atoms with van der Waals surface area (Å²) in [6.45, 7) is 1.51. The first-order valence-corrected chi connectivity index (χ1v) is 11.6. The van der Waals surface area contributed by atoms with Gasteiger partial charge in [0.1, 0.15) is 11.4 Å². The maximum Gasteiger partial charge on any atom is 0.435 e. The van der Waals surface area contributed by atoms with Gasteiger partial charge in [0, 0.05) is 23.5 Å². The number of nitrogens with zero attached hydrogens (tertiary/aromatic N) is 4. The zero-order valence-electron chi connectivity index (χ0n) is 19.7. The highest BCUT2D eigenvalue weighted by atomic mass is 35.5. The smallest absolute Gasteiger partial charge is 0.320 e. The van der Waals surface area contributed by atoms with Crippen LogP contribution in [-0.4, -0.2) is 37.5 Å². The molecule has 0 atom stereocenters. The van der Waals surface area contributed by atoms with Crippen molar-refractivity contribution in [3.05, 3.63) is 99.2 Å². The predicted molar refractivity (Wildman–Crippen MR) is 135 cm³/mol. The van der Waals surface area contributed by atoms with Crippen molar-refractivity contribution in [3.63, 3.8) is 0 Å². The topological polar surface area (TPSA) is 131 Å². The van der Waals surface area contributed by atoms with E-state index in [0.717, 1.165) is 0 Å². The molecule has 3 aromatic heterocycles. The van der Waals surface area contributed by atoms with Gasteiger partial charge in [-0.2, -0.15) is 18.3 Å². The van der Waals surface area contributed by atoms with Gasteiger partial charge < -0.3 is 5.32 Å². The molecule has 0 bridgehead atoms. The van der Waals surface area contributed by atoms with Crippen LogP contribution < -0.4 is 16.2 Å². The standard InChI is InChI=1S/C24H16Cl2F3N7O3/c1-12-9-13(25)10-14(21(37)33-34-22(38)16-6-2-3-7-30-16)19(12)32-23(39)17-11-18(24(27,28)29)35-36(17)20-15(26)5-4-8-31-20/h2-11H,1H3,(H,32,39)(H,33,37)(H,34,38). The number of carbonyl (C=O) groups is 3. The molecule has 10 nitrogen and oxygen atoms in total. The third-order valence-electron chi connectivity index (χ3n) is 5.14. The van der Waals surface area contributed by atoms with Crippen molar-refractivity contribution in [1.82, 2.24) is 30.6 Å². The number of hydrogen-bond acceptors (Lipinski definition) is 6. The second-order valence-electron chi connectivity index (χ2n) is 7.86. The van der Waals surface area contributed by atoms with E-state index in [-0.39, 0.29) is 32.8 Å². The number of hydrogen-bond donors (Lipinski definition) is 3. The number of hydrazine groups is 1. The summed E-state index contributed by atoms with van der Waals surface area (Å²) < 4.78 is 41.1. The van der Waals surface area contributed by atoms with Crippen molar-refractivity contribution < 1.29 is 27.6 Å². The number of carbonyl (C=O) groups excluding carboxylic acids is 3. The lowest BCUT2D eigenvalue weighted by molar-refractivity contribution is -0.141. The van der Waals surface area contributed by atoms with Gasteiger partial charge in [0.2, 0.25) is 0 Å². The van der Waals surface area contributed by atoms with Crippen LogP contribution in [0.3, 0.4) is 0 Å². The summed E-state index contributed by atoms with van der Waals surface area (Å²) in [7, 11) is 0. The number of anilines is 1. The Hall–Kier alpha value is -4.49. The molecule has 3 heterocycles. The third-order valence-corrected chi connectivity index (χ3v) is 5.66. The Bertz CT molecular complexity index is 1580. The van der Waals surface area contributed by atoms with Crippen LogP contribution in [-0.2, 0) is 6.18 Å². The van der Waals surface area contributed by atoms with Crippen molar-refractivity contribution in [3.8, 4) is 5.82 Å². The number of pyridine rings is 2. The molecular weight excluding hydrogens is 562 g/mol. The Labute approximate surface area is 228 Å². The number of nitrogens with one attached hydrogen (secondary N) is 3. The van der Waals surface area contributed by atoms with E-state index in [1.807, 2.05) is 0 Å². The highest BCUT2D eigenvalue weighted by Gasteiger charge is 2.37. The van der Waals surface area contributed by atoms with Gasteiger partial charge in [-0.25, -0.2) is 9.67 Å². The van der Waals surface area contributed by atoms with Crippen molar-refractivity contribution in [1.29, 1.82) is 0 Å². The molecule has 0 saturated carbocycles. The first-order chi connectivity index (χ1) is 18.5. The van der Waals surface area contributed by atoms with E-state index in [4.69, 9.17) is 23.2 Å². The molecule has 0 unspecified atom stereocenters. The van der Waals surface area contributed by atoms with Gasteiger partial charge in [0.05, 0.1) is 16.3 Å². The number of rotatable bonds is 5. The van der Waals surface area contributed by atoms with Crippen molar-refractivity contribution in [2.24, 2.45) is 0 Å². The largest absolute Gasteiger partial charge is 0.435 e. The predicted octanol–water partition coefficient (Wildman–Crippen LogP) is 4.62. The van der Waals surface area contributed by atoms with E-state index >= 15 is 0 Å². The Morgan fingerprint density at radius 2 is 1.62 bits per heavy atom. The second kappa shape index (κ2) is 11.1. The SMILES string of the molecule is Cc1cc(Cl)cc(C(=O)NNC(=O)c2ccccn2)c1NC(=O)c1cc(C(F)(F)F)nn1-c1ncccc1Cl. The fourth-order valence-electron chi connectivity index (χ4n) is 3.38. The summed E-state index contributed by atoms with van der Waals surface area (Å²) in [6, 6.07) is 10.6. The van der Waals surface area contributed by atoms with Crippen LogP contribution in [0.15, 0.2) is 60.9 Å². The fraction of sp³-hybridized carbons (Fsp3) is 0.0833. The number of benzene rings is 1. The molecule has 39 heavy (non-hydrogen) atoms. The highest BCUT2D eigenvalue weighted by Crippen LogP contribution is 2.31. The summed E-state index contributed by atoms with van der Waals surface area (Å²) in [5, 5.41) is 5.97. The van der Waals surface area contributed by atoms with Crippen LogP contribution in [0.5, 0.6) is 0 Å². The number of aromatic nitrogens is 4. The maximum atomic E-state index is 13.5. The van der Waals surface area contributed by atoms with Crippen LogP contribution in [0.4, 0.5) is 18.9 Å². The molecule has 200 valence electrons. The lowest BCUT2D eigenvalue weighted by Crippen LogP contribution is -2.42. The molecule has 4 rings (SSSR count). The van der Waals surface area contributed by atoms with Gasteiger partial charge in [-0.05, 0) is 48.9 Å². The number of halogens is 5. The number of alkyl halides is 3. The summed E-state index contributed by atoms with van der Waals surface area (Å²) in [4.78, 5) is 46.2. The molecule has 0 radical (unpaired) electrons. The molecular formula is C24H16Cl2F3N7O3. The van der Waals surface area contributed by atoms with Crippen molar-refractivity contribution >= 4 is 46.6 Å². The summed E-state index contributed by atoms with van der Waals surface area (Å²) in [5.41, 5.74) is 2.51. The second-order valence-corrected chi connectivity index (χ2v) is 8.70. The monoisotopic (exact) mass is 577 g/mol. The summed E-state index contributed by atoms with van der Waals surface area (Å²) in [6.07, 6.45) is -2.23. The molecule has 15 heteroatoms. The first kappa shape index (κ1) is 27.5. The maximum absolute atomic E-state index is 13.5. The molecule has 0 aliphatic rings. The summed E-state index contributed by atoms with van der Waals surface area (Å²) in [5.74, 6) is -2.87. The van der Waals surface area contributed by atoms with Crippen LogP contribution in [0.2, 0.25) is 10.0 Å². The zero-order valence-corrected chi connectivity index (χ0v) is 21.2. The molecule has 3 N–H and O–H groups in total. The average molecular weight is 578 g/mol. The molecule has 4 aromatic rings. The van der Waals surface area contributed by atoms with E-state index in [1.165, 1.54) is 49.6 Å². The normalized spacial score (nSPS) is 11.1. The first-order valence-electron chi connectivity index (χ1n) is 10.9. The Balaban J connectivity index is 1.66. The van der Waals surface area contributed by atoms with E-state index in [1.54, 1.807) is 12.1 Å². The Morgan fingerprint density at radius 1 is 0.897 bits per heavy atom. The minimum Gasteiger partial charge on any atom is -0.320 e. The molecule has 1 aromatic carbocycles. The van der Waals surface area contributed by atoms with Gasteiger partial charge >= 0.3 is 6.18 Å². The van der Waals surface area contributed by atoms with Crippen LogP contribution >= 0.6 is 23.2 Å². The fourth-order valence-corrected chi connectivity index (χ4v) is 3.86. The van der Waals surface area contributed by atoms with Gasteiger partial charge in [-0.15, -0.1) is 0 Å². The van der Waals surface area contributed by atoms with E-state index < -0.39 is 35.3 Å². The van der Waals surface area contributed by atoms with E-state index in [0.29, 0.717) is 16.3 Å². The van der Waals surface area contributed by atoms with Crippen LogP contribution in [0, 0.1) is 6.92 Å². The van der Waals surface area contributed by atoms with Gasteiger partial charge in [-0.3, -0.25) is 30.2 Å². The van der Waals surface area contributed by atoms with Crippen molar-refractivity contribution in [2.45, 2.75) is 13.1 Å². The average Bonchev–Trinajstić information content (AvgIpc) is 3.35. The van der Waals surface area contributed by atoms with Crippen molar-refractivity contribution in [2.75, 3.05) is 5.32 Å². The Kier molecular flexibility index (Phi) is 7.83. The minimum atomic E-state index is -4.88. The molecule has 0 saturated heterocycles. The molecule has 3 amide bonds. The zero-order chi connectivity index (χ0) is 28.3. The van der Waals surface area contributed by atoms with Crippen LogP contribution in [0.1, 0.15) is 42.6 Å². The number of aryl methyl sites for hydroxylation is 1. The quantitative estimate of drug-likeness (QED) is 0.296. The molecule has 0 fully saturated rings. The number of amides is 3. The van der Waals surface area contributed by atoms with Gasteiger partial charge in [0.15, 0.2) is 11.5 Å². The molecule has 0 aliphatic heterocycles.